The molecule has 0 saturated heterocycles. The molecule has 100 valence electrons. The van der Waals surface area contributed by atoms with Crippen LogP contribution in [-0.4, -0.2) is 39.6 Å². The summed E-state index contributed by atoms with van der Waals surface area (Å²) in [5, 5.41) is 17.3. The molecule has 0 aliphatic carbocycles. The summed E-state index contributed by atoms with van der Waals surface area (Å²) in [5.41, 5.74) is 5.77. The maximum Gasteiger partial charge on any atom is 0.226 e. The number of aliphatic hydroxyl groups is 1. The van der Waals surface area contributed by atoms with Crippen LogP contribution in [-0.2, 0) is 0 Å². The van der Waals surface area contributed by atoms with E-state index in [-0.39, 0.29) is 5.84 Å². The van der Waals surface area contributed by atoms with Crippen LogP contribution in [0.3, 0.4) is 0 Å². The number of hydrogen-bond acceptors (Lipinski definition) is 5. The second kappa shape index (κ2) is 5.30. The molecule has 0 aromatic carbocycles. The third-order valence-electron chi connectivity index (χ3n) is 2.36. The predicted molar refractivity (Wildman–Crippen MR) is 72.0 cm³/mol. The van der Waals surface area contributed by atoms with Gasteiger partial charge in [-0.15, -0.1) is 0 Å². The average Bonchev–Trinajstić information content (AvgIpc) is 2.23. The van der Waals surface area contributed by atoms with Crippen molar-refractivity contribution in [2.45, 2.75) is 33.3 Å². The molecule has 1 aromatic heterocycles. The molecule has 1 heterocycles. The van der Waals surface area contributed by atoms with E-state index in [9.17, 15) is 5.11 Å². The minimum absolute atomic E-state index is 0.0824. The summed E-state index contributed by atoms with van der Waals surface area (Å²) in [6, 6.07) is 1.67. The van der Waals surface area contributed by atoms with Crippen molar-refractivity contribution in [1.82, 2.24) is 9.97 Å². The smallest absolute Gasteiger partial charge is 0.226 e. The third kappa shape index (κ3) is 3.96. The Morgan fingerprint density at radius 1 is 1.50 bits per heavy atom. The Morgan fingerprint density at radius 2 is 2.11 bits per heavy atom. The molecule has 18 heavy (non-hydrogen) atoms. The highest BCUT2D eigenvalue weighted by molar-refractivity contribution is 5.93. The Balaban J connectivity index is 3.09. The van der Waals surface area contributed by atoms with Crippen molar-refractivity contribution in [1.29, 1.82) is 5.41 Å². The standard InChI is InChI=1S/C12H21N5O/c1-5-17(7-12(3,4)18)11-15-8(2)6-9(16-11)10(13)14/h6,18H,5,7H2,1-4H3,(H3,13,14). The number of aryl methyl sites for hydroxylation is 1. The molecule has 0 saturated carbocycles. The number of aromatic nitrogens is 2. The molecule has 0 spiro atoms. The number of amidine groups is 1. The minimum Gasteiger partial charge on any atom is -0.389 e. The van der Waals surface area contributed by atoms with E-state index in [0.717, 1.165) is 5.69 Å². The summed E-state index contributed by atoms with van der Waals surface area (Å²) in [6.45, 7) is 8.35. The van der Waals surface area contributed by atoms with Gasteiger partial charge in [-0.3, -0.25) is 5.41 Å². The van der Waals surface area contributed by atoms with Crippen LogP contribution in [0.5, 0.6) is 0 Å². The van der Waals surface area contributed by atoms with Crippen LogP contribution < -0.4 is 10.6 Å². The monoisotopic (exact) mass is 251 g/mol. The quantitative estimate of drug-likeness (QED) is 0.527. The van der Waals surface area contributed by atoms with Crippen LogP contribution >= 0.6 is 0 Å². The molecule has 0 aliphatic rings. The van der Waals surface area contributed by atoms with Gasteiger partial charge in [-0.25, -0.2) is 9.97 Å². The second-order valence-electron chi connectivity index (χ2n) is 4.93. The van der Waals surface area contributed by atoms with Gasteiger partial charge in [0.25, 0.3) is 0 Å². The Kier molecular flexibility index (Phi) is 4.24. The number of nitrogen functional groups attached to an aromatic ring is 1. The fourth-order valence-electron chi connectivity index (χ4n) is 1.62. The van der Waals surface area contributed by atoms with E-state index in [2.05, 4.69) is 9.97 Å². The highest BCUT2D eigenvalue weighted by Gasteiger charge is 2.20. The van der Waals surface area contributed by atoms with E-state index in [1.54, 1.807) is 19.9 Å². The van der Waals surface area contributed by atoms with E-state index in [0.29, 0.717) is 24.7 Å². The van der Waals surface area contributed by atoms with Crippen molar-refractivity contribution in [2.75, 3.05) is 18.0 Å². The molecule has 0 aliphatic heterocycles. The lowest BCUT2D eigenvalue weighted by molar-refractivity contribution is 0.0872. The molecular weight excluding hydrogens is 230 g/mol. The molecule has 6 nitrogen and oxygen atoms in total. The van der Waals surface area contributed by atoms with Crippen molar-refractivity contribution < 1.29 is 5.11 Å². The molecule has 0 amide bonds. The maximum atomic E-state index is 9.86. The molecule has 1 rings (SSSR count). The zero-order chi connectivity index (χ0) is 13.9. The van der Waals surface area contributed by atoms with E-state index >= 15 is 0 Å². The Morgan fingerprint density at radius 3 is 2.56 bits per heavy atom. The highest BCUT2D eigenvalue weighted by Crippen LogP contribution is 2.13. The normalized spacial score (nSPS) is 11.4. The molecule has 0 radical (unpaired) electrons. The van der Waals surface area contributed by atoms with Gasteiger partial charge in [-0.1, -0.05) is 0 Å². The molecule has 1 aromatic rings. The van der Waals surface area contributed by atoms with Crippen molar-refractivity contribution in [3.05, 3.63) is 17.5 Å². The van der Waals surface area contributed by atoms with Crippen LogP contribution in [0.1, 0.15) is 32.2 Å². The van der Waals surface area contributed by atoms with Gasteiger partial charge in [-0.05, 0) is 33.8 Å². The SMILES string of the molecule is CCN(CC(C)(C)O)c1nc(C)cc(C(=N)N)n1. The predicted octanol–water partition coefficient (Wildman–Crippen LogP) is 0.666. The van der Waals surface area contributed by atoms with Gasteiger partial charge >= 0.3 is 0 Å². The molecule has 0 unspecified atom stereocenters. The van der Waals surface area contributed by atoms with E-state index in [4.69, 9.17) is 11.1 Å². The van der Waals surface area contributed by atoms with Crippen molar-refractivity contribution in [3.8, 4) is 0 Å². The zero-order valence-electron chi connectivity index (χ0n) is 11.4. The summed E-state index contributed by atoms with van der Waals surface area (Å²) in [7, 11) is 0. The number of nitrogens with one attached hydrogen (secondary N) is 1. The summed E-state index contributed by atoms with van der Waals surface area (Å²) in [5.74, 6) is 0.408. The van der Waals surface area contributed by atoms with Crippen LogP contribution in [0.4, 0.5) is 5.95 Å². The lowest BCUT2D eigenvalue weighted by Gasteiger charge is -2.28. The van der Waals surface area contributed by atoms with Gasteiger partial charge in [0.2, 0.25) is 5.95 Å². The first-order chi connectivity index (χ1) is 8.23. The molecule has 6 heteroatoms. The van der Waals surface area contributed by atoms with Crippen molar-refractivity contribution in [3.63, 3.8) is 0 Å². The number of likely N-dealkylation sites (N-methyl/N-ethyl adjacent to an activating group) is 1. The first-order valence-electron chi connectivity index (χ1n) is 5.90. The number of anilines is 1. The molecule has 0 atom stereocenters. The van der Waals surface area contributed by atoms with Gasteiger partial charge in [0.05, 0.1) is 5.60 Å². The van der Waals surface area contributed by atoms with Crippen LogP contribution in [0.15, 0.2) is 6.07 Å². The van der Waals surface area contributed by atoms with Gasteiger partial charge in [0, 0.05) is 18.8 Å². The number of hydrogen-bond donors (Lipinski definition) is 3. The number of rotatable bonds is 5. The fraction of sp³-hybridized carbons (Fsp3) is 0.583. The lowest BCUT2D eigenvalue weighted by atomic mass is 10.1. The van der Waals surface area contributed by atoms with Crippen molar-refractivity contribution >= 4 is 11.8 Å². The molecule has 4 N–H and O–H groups in total. The van der Waals surface area contributed by atoms with Gasteiger partial charge < -0.3 is 15.7 Å². The number of nitrogens with zero attached hydrogens (tertiary/aromatic N) is 3. The summed E-state index contributed by atoms with van der Waals surface area (Å²) in [4.78, 5) is 10.4. The average molecular weight is 251 g/mol. The van der Waals surface area contributed by atoms with Crippen molar-refractivity contribution in [2.24, 2.45) is 5.73 Å². The second-order valence-corrected chi connectivity index (χ2v) is 4.93. The molecule has 0 fully saturated rings. The zero-order valence-corrected chi connectivity index (χ0v) is 11.4. The molecule has 0 bridgehead atoms. The van der Waals surface area contributed by atoms with Crippen LogP contribution in [0.2, 0.25) is 0 Å². The fourth-order valence-corrected chi connectivity index (χ4v) is 1.62. The summed E-state index contributed by atoms with van der Waals surface area (Å²) in [6.07, 6.45) is 0. The maximum absolute atomic E-state index is 9.86. The van der Waals surface area contributed by atoms with Crippen LogP contribution in [0.25, 0.3) is 0 Å². The lowest BCUT2D eigenvalue weighted by Crippen LogP contribution is -2.39. The first kappa shape index (κ1) is 14.4. The van der Waals surface area contributed by atoms with E-state index in [1.165, 1.54) is 0 Å². The summed E-state index contributed by atoms with van der Waals surface area (Å²) < 4.78 is 0. The van der Waals surface area contributed by atoms with Gasteiger partial charge in [0.1, 0.15) is 11.5 Å². The van der Waals surface area contributed by atoms with Crippen LogP contribution in [0, 0.1) is 12.3 Å². The number of nitrogens with two attached hydrogens (primary N) is 1. The Bertz CT molecular complexity index is 439. The summed E-state index contributed by atoms with van der Waals surface area (Å²) >= 11 is 0. The molecular formula is C12H21N5O. The Hall–Kier alpha value is -1.69. The minimum atomic E-state index is -0.834. The largest absolute Gasteiger partial charge is 0.389 e. The highest BCUT2D eigenvalue weighted by atomic mass is 16.3. The van der Waals surface area contributed by atoms with E-state index in [1.807, 2.05) is 18.7 Å². The Labute approximate surface area is 107 Å². The first-order valence-corrected chi connectivity index (χ1v) is 5.90. The third-order valence-corrected chi connectivity index (χ3v) is 2.36. The van der Waals surface area contributed by atoms with Gasteiger partial charge in [-0.2, -0.15) is 0 Å². The topological polar surface area (TPSA) is 99.1 Å². The van der Waals surface area contributed by atoms with E-state index < -0.39 is 5.60 Å². The van der Waals surface area contributed by atoms with Gasteiger partial charge in [0.15, 0.2) is 0 Å².